The SMILES string of the molecule is Br.C/C=C/CC(C)C(O)[C@H]1C(=O)N[C@@H](CC)C(=O)N(C)CC(=O)N(C)[C@@H](CC(C)C)C(=O)N[C@@H](C(C)C)C(=O)N(C)[C@@H](CC(C)C)C(=O)N[C@@H](C)C(=O)N[C@H](C)C(=O)N(C)[C@@H](CC(C)C)C(=O)N(C)[C@@H](CC(C)C)C(=O)N(C)[C@@H](C(C)C)C(=O)N1C. The molecule has 0 aromatic carbocycles. The monoisotopic (exact) mass is 1280 g/mol. The van der Waals surface area contributed by atoms with Crippen molar-refractivity contribution in [1.82, 2.24) is 55.6 Å². The van der Waals surface area contributed by atoms with E-state index in [0.29, 0.717) is 6.42 Å². The number of aliphatic hydroxyl groups excluding tert-OH is 1. The van der Waals surface area contributed by atoms with Gasteiger partial charge in [-0.05, 0) is 101 Å². The fourth-order valence-electron chi connectivity index (χ4n) is 10.7. The van der Waals surface area contributed by atoms with Crippen LogP contribution in [0.25, 0.3) is 0 Å². The minimum Gasteiger partial charge on any atom is -0.390 e. The number of halogens is 1. The predicted octanol–water partition coefficient (Wildman–Crippen LogP) is 3.85. The van der Waals surface area contributed by atoms with Gasteiger partial charge in [0, 0.05) is 49.3 Å². The molecule has 1 heterocycles. The molecular weight excluding hydrogens is 1170 g/mol. The van der Waals surface area contributed by atoms with Crippen molar-refractivity contribution in [3.05, 3.63) is 12.2 Å². The van der Waals surface area contributed by atoms with E-state index in [0.717, 1.165) is 9.80 Å². The standard InChI is InChI=1S/C62H111N11O12.BrH/c1-25-27-28-40(15)52(75)51-56(79)65-43(26-2)58(81)67(18)33-48(74)68(19)44(29-34(3)4)55(78)66-49(38(11)12)61(84)69(20)45(30-35(5)6)54(77)63-41(16)53(76)64-42(17)57(80)70(21)46(31-36(7)8)59(82)71(22)47(32-37(9)10)60(83)72(23)50(39(13)14)62(85)73(51)24;/h25,27,34-47,49-52,75H,26,28-33H2,1-24H3,(H,63,77)(H,64,76)(H,65,79)(H,66,78);1H/b27-25+;/t40?,41-,42+,43-,44-,45-,46-,47-,49-,50-,51-,52?;/m0./s1. The van der Waals surface area contributed by atoms with E-state index in [9.17, 15) is 48.3 Å². The molecule has 23 nitrogen and oxygen atoms in total. The molecule has 1 fully saturated rings. The molecular formula is C62H112BrN11O12. The Morgan fingerprint density at radius 3 is 1.31 bits per heavy atom. The van der Waals surface area contributed by atoms with Crippen LogP contribution in [0.4, 0.5) is 0 Å². The van der Waals surface area contributed by atoms with E-state index >= 15 is 9.59 Å². The summed E-state index contributed by atoms with van der Waals surface area (Å²) in [4.78, 5) is 169. The number of carbonyl (C=O) groups is 11. The Bertz CT molecular complexity index is 2330. The minimum atomic E-state index is -1.61. The van der Waals surface area contributed by atoms with Crippen molar-refractivity contribution in [3.8, 4) is 0 Å². The maximum atomic E-state index is 15.1. The highest BCUT2D eigenvalue weighted by Gasteiger charge is 2.45. The number of rotatable bonds is 15. The summed E-state index contributed by atoms with van der Waals surface area (Å²) in [5.74, 6) is -9.71. The Balaban J connectivity index is 0.0000722. The first-order valence-electron chi connectivity index (χ1n) is 30.6. The average molecular weight is 1280 g/mol. The highest BCUT2D eigenvalue weighted by atomic mass is 79.9. The van der Waals surface area contributed by atoms with Crippen LogP contribution in [0.5, 0.6) is 0 Å². The largest absolute Gasteiger partial charge is 0.390 e. The van der Waals surface area contributed by atoms with Gasteiger partial charge in [-0.15, -0.1) is 17.0 Å². The molecule has 24 heteroatoms. The van der Waals surface area contributed by atoms with Gasteiger partial charge in [0.25, 0.3) is 0 Å². The molecule has 0 aliphatic carbocycles. The molecule has 5 N–H and O–H groups in total. The molecule has 0 radical (unpaired) electrons. The van der Waals surface area contributed by atoms with Crippen LogP contribution in [-0.4, -0.2) is 227 Å². The van der Waals surface area contributed by atoms with Crippen LogP contribution in [0.1, 0.15) is 156 Å². The van der Waals surface area contributed by atoms with Crippen molar-refractivity contribution in [3.63, 3.8) is 0 Å². The second kappa shape index (κ2) is 36.6. The molecule has 0 aromatic rings. The maximum Gasteiger partial charge on any atom is 0.246 e. The van der Waals surface area contributed by atoms with Crippen LogP contribution in [-0.2, 0) is 52.7 Å². The van der Waals surface area contributed by atoms with Gasteiger partial charge >= 0.3 is 0 Å². The number of hydrogen-bond acceptors (Lipinski definition) is 12. The van der Waals surface area contributed by atoms with E-state index in [2.05, 4.69) is 21.3 Å². The van der Waals surface area contributed by atoms with Crippen molar-refractivity contribution < 1.29 is 57.8 Å². The molecule has 1 aliphatic heterocycles. The van der Waals surface area contributed by atoms with E-state index in [1.165, 1.54) is 87.7 Å². The molecule has 2 unspecified atom stereocenters. The molecule has 12 atom stereocenters. The lowest BCUT2D eigenvalue weighted by Gasteiger charge is -2.41. The summed E-state index contributed by atoms with van der Waals surface area (Å²) in [5, 5.41) is 23.1. The Labute approximate surface area is 525 Å². The Morgan fingerprint density at radius 1 is 0.465 bits per heavy atom. The van der Waals surface area contributed by atoms with E-state index in [-0.39, 0.29) is 72.8 Å². The Kier molecular flexibility index (Phi) is 34.2. The highest BCUT2D eigenvalue weighted by molar-refractivity contribution is 8.93. The lowest BCUT2D eigenvalue weighted by atomic mass is 9.91. The van der Waals surface area contributed by atoms with Gasteiger partial charge in [-0.3, -0.25) is 52.7 Å². The van der Waals surface area contributed by atoms with Crippen molar-refractivity contribution in [2.75, 3.05) is 55.9 Å². The zero-order valence-electron chi connectivity index (χ0n) is 56.5. The molecule has 0 spiro atoms. The fourth-order valence-corrected chi connectivity index (χ4v) is 10.7. The fraction of sp³-hybridized carbons (Fsp3) is 0.790. The molecule has 86 heavy (non-hydrogen) atoms. The van der Waals surface area contributed by atoms with E-state index in [1.54, 1.807) is 54.5 Å². The molecule has 1 saturated heterocycles. The van der Waals surface area contributed by atoms with Crippen LogP contribution in [0, 0.1) is 41.4 Å². The molecule has 1 aliphatic rings. The normalized spacial score (nSPS) is 26.6. The molecule has 0 saturated carbocycles. The molecule has 494 valence electrons. The van der Waals surface area contributed by atoms with Crippen LogP contribution in [0.2, 0.25) is 0 Å². The van der Waals surface area contributed by atoms with Crippen LogP contribution in [0.3, 0.4) is 0 Å². The van der Waals surface area contributed by atoms with Gasteiger partial charge in [0.2, 0.25) is 65.0 Å². The van der Waals surface area contributed by atoms with Gasteiger partial charge < -0.3 is 60.7 Å². The van der Waals surface area contributed by atoms with E-state index < -0.39 is 156 Å². The number of allylic oxidation sites excluding steroid dienone is 2. The van der Waals surface area contributed by atoms with Crippen molar-refractivity contribution >= 4 is 82.0 Å². The quantitative estimate of drug-likeness (QED) is 0.146. The first-order valence-corrected chi connectivity index (χ1v) is 30.6. The van der Waals surface area contributed by atoms with E-state index in [1.807, 2.05) is 61.5 Å². The van der Waals surface area contributed by atoms with Crippen LogP contribution in [0.15, 0.2) is 12.2 Å². The topological polar surface area (TPSA) is 279 Å². The zero-order chi connectivity index (χ0) is 66.0. The van der Waals surface area contributed by atoms with Gasteiger partial charge in [0.05, 0.1) is 12.6 Å². The van der Waals surface area contributed by atoms with Crippen LogP contribution >= 0.6 is 17.0 Å². The molecule has 11 amide bonds. The average Bonchev–Trinajstić information content (AvgIpc) is 3.62. The molecule has 0 aromatic heterocycles. The number of nitrogens with zero attached hydrogens (tertiary/aromatic N) is 7. The number of carbonyl (C=O) groups excluding carboxylic acids is 11. The molecule has 1 rings (SSSR count). The summed E-state index contributed by atoms with van der Waals surface area (Å²) >= 11 is 0. The van der Waals surface area contributed by atoms with Gasteiger partial charge in [-0.1, -0.05) is 109 Å². The third kappa shape index (κ3) is 22.5. The maximum absolute atomic E-state index is 15.1. The van der Waals surface area contributed by atoms with Gasteiger partial charge in [-0.2, -0.15) is 0 Å². The number of likely N-dealkylation sites (N-methyl/N-ethyl adjacent to an activating group) is 7. The van der Waals surface area contributed by atoms with Gasteiger partial charge in [-0.25, -0.2) is 0 Å². The number of nitrogens with one attached hydrogen (secondary N) is 4. The Hall–Kier alpha value is -5.65. The summed E-state index contributed by atoms with van der Waals surface area (Å²) < 4.78 is 0. The first kappa shape index (κ1) is 80.3. The van der Waals surface area contributed by atoms with Crippen LogP contribution < -0.4 is 21.3 Å². The minimum absolute atomic E-state index is 0. The summed E-state index contributed by atoms with van der Waals surface area (Å²) in [6.45, 7) is 29.3. The lowest BCUT2D eigenvalue weighted by molar-refractivity contribution is -0.157. The van der Waals surface area contributed by atoms with Crippen molar-refractivity contribution in [2.45, 2.75) is 223 Å². The second-order valence-electron chi connectivity index (χ2n) is 26.1. The van der Waals surface area contributed by atoms with Crippen molar-refractivity contribution in [2.24, 2.45) is 41.4 Å². The van der Waals surface area contributed by atoms with E-state index in [4.69, 9.17) is 0 Å². The second-order valence-corrected chi connectivity index (χ2v) is 26.1. The Morgan fingerprint density at radius 2 is 0.872 bits per heavy atom. The summed E-state index contributed by atoms with van der Waals surface area (Å²) in [6, 6.07) is -12.3. The summed E-state index contributed by atoms with van der Waals surface area (Å²) in [5.41, 5.74) is 0. The zero-order valence-corrected chi connectivity index (χ0v) is 58.2. The molecule has 0 bridgehead atoms. The summed E-state index contributed by atoms with van der Waals surface area (Å²) in [7, 11) is 9.92. The van der Waals surface area contributed by atoms with Gasteiger partial charge in [0.15, 0.2) is 0 Å². The smallest absolute Gasteiger partial charge is 0.246 e. The third-order valence-electron chi connectivity index (χ3n) is 16.1. The predicted molar refractivity (Wildman–Crippen MR) is 339 cm³/mol. The third-order valence-corrected chi connectivity index (χ3v) is 16.1. The number of hydrogen-bond donors (Lipinski definition) is 5. The van der Waals surface area contributed by atoms with Crippen molar-refractivity contribution in [1.29, 1.82) is 0 Å². The van der Waals surface area contributed by atoms with Gasteiger partial charge in [0.1, 0.15) is 60.4 Å². The number of aliphatic hydroxyl groups is 1. The summed E-state index contributed by atoms with van der Waals surface area (Å²) in [6.07, 6.45) is 3.04. The highest BCUT2D eigenvalue weighted by Crippen LogP contribution is 2.26. The first-order chi connectivity index (χ1) is 39.2. The lowest BCUT2D eigenvalue weighted by Crippen LogP contribution is -2.63. The number of amides is 11.